The summed E-state index contributed by atoms with van der Waals surface area (Å²) in [6.45, 7) is 0. The maximum absolute atomic E-state index is 12.7. The number of hydrogen-bond acceptors (Lipinski definition) is 2. The molecule has 3 rings (SSSR count). The molecule has 0 aliphatic heterocycles. The summed E-state index contributed by atoms with van der Waals surface area (Å²) in [5.41, 5.74) is 2.58. The van der Waals surface area contributed by atoms with Crippen molar-refractivity contribution in [3.63, 3.8) is 0 Å². The summed E-state index contributed by atoms with van der Waals surface area (Å²) in [4.78, 5) is 0.231. The van der Waals surface area contributed by atoms with Crippen LogP contribution in [0.3, 0.4) is 0 Å². The van der Waals surface area contributed by atoms with Crippen LogP contribution in [0, 0.1) is 0 Å². The monoisotopic (exact) mass is 364 g/mol. The van der Waals surface area contributed by atoms with Gasteiger partial charge >= 0.3 is 6.18 Å². The normalized spacial score (nSPS) is 15.0. The number of allylic oxidation sites excluding steroid dienone is 4. The fourth-order valence-electron chi connectivity index (χ4n) is 2.78. The van der Waals surface area contributed by atoms with Gasteiger partial charge in [-0.3, -0.25) is 0 Å². The van der Waals surface area contributed by atoms with E-state index >= 15 is 0 Å². The second kappa shape index (κ2) is 6.19. The second-order valence-electron chi connectivity index (χ2n) is 5.84. The summed E-state index contributed by atoms with van der Waals surface area (Å²) < 4.78 is 61.2. The summed E-state index contributed by atoms with van der Waals surface area (Å²) in [6.07, 6.45) is 1.39. The Hall–Kier alpha value is -2.34. The van der Waals surface area contributed by atoms with Gasteiger partial charge in [-0.2, -0.15) is 13.2 Å². The molecule has 0 unspecified atom stereocenters. The van der Waals surface area contributed by atoms with E-state index in [0.29, 0.717) is 12.0 Å². The molecule has 1 aliphatic rings. The third kappa shape index (κ3) is 3.69. The van der Waals surface area contributed by atoms with Gasteiger partial charge in [0.15, 0.2) is 9.84 Å². The minimum Gasteiger partial charge on any atom is -0.224 e. The first kappa shape index (κ1) is 17.5. The number of sulfone groups is 1. The van der Waals surface area contributed by atoms with Crippen molar-refractivity contribution in [1.29, 1.82) is 0 Å². The van der Waals surface area contributed by atoms with Gasteiger partial charge in [0.05, 0.1) is 10.5 Å². The summed E-state index contributed by atoms with van der Waals surface area (Å²) in [5.74, 6) is 0. The van der Waals surface area contributed by atoms with E-state index in [2.05, 4.69) is 0 Å². The molecule has 130 valence electrons. The summed E-state index contributed by atoms with van der Waals surface area (Å²) in [6, 6.07) is 11.6. The van der Waals surface area contributed by atoms with Gasteiger partial charge in [0.25, 0.3) is 0 Å². The van der Waals surface area contributed by atoms with Gasteiger partial charge in [-0.15, -0.1) is 0 Å². The lowest BCUT2D eigenvalue weighted by Crippen LogP contribution is -2.04. The Morgan fingerprint density at radius 1 is 0.800 bits per heavy atom. The molecule has 0 heterocycles. The molecule has 2 aromatic carbocycles. The third-order valence-electron chi connectivity index (χ3n) is 4.05. The van der Waals surface area contributed by atoms with Crippen LogP contribution in [0.5, 0.6) is 0 Å². The first-order valence-corrected chi connectivity index (χ1v) is 9.44. The lowest BCUT2D eigenvalue weighted by Gasteiger charge is -2.12. The molecule has 0 spiro atoms. The van der Waals surface area contributed by atoms with Crippen molar-refractivity contribution in [3.05, 3.63) is 77.4 Å². The zero-order valence-corrected chi connectivity index (χ0v) is 14.2. The number of hydrogen-bond donors (Lipinski definition) is 0. The van der Waals surface area contributed by atoms with E-state index in [1.807, 2.05) is 12.2 Å². The van der Waals surface area contributed by atoms with Crippen LogP contribution < -0.4 is 0 Å². The fourth-order valence-corrected chi connectivity index (χ4v) is 3.41. The minimum atomic E-state index is -4.36. The number of benzene rings is 2. The zero-order chi connectivity index (χ0) is 18.2. The van der Waals surface area contributed by atoms with Gasteiger partial charge in [-0.25, -0.2) is 8.42 Å². The molecule has 0 bridgehead atoms. The quantitative estimate of drug-likeness (QED) is 0.770. The highest BCUT2D eigenvalue weighted by atomic mass is 32.2. The standard InChI is InChI=1S/C19H15F3O2S/c1-25(23,24)16-11-7-14(8-12-16)18-4-2-3-17(18)13-5-9-15(10-6-13)19(20,21)22/h3-12H,2H2,1H3. The minimum absolute atomic E-state index is 0.231. The maximum atomic E-state index is 12.7. The highest BCUT2D eigenvalue weighted by Crippen LogP contribution is 2.38. The Balaban J connectivity index is 1.91. The highest BCUT2D eigenvalue weighted by molar-refractivity contribution is 7.90. The molecule has 0 saturated heterocycles. The van der Waals surface area contributed by atoms with E-state index in [9.17, 15) is 21.6 Å². The smallest absolute Gasteiger partial charge is 0.224 e. The van der Waals surface area contributed by atoms with E-state index in [4.69, 9.17) is 0 Å². The van der Waals surface area contributed by atoms with Crippen molar-refractivity contribution in [1.82, 2.24) is 0 Å². The van der Waals surface area contributed by atoms with Crippen molar-refractivity contribution in [2.24, 2.45) is 0 Å². The molecule has 0 aromatic heterocycles. The van der Waals surface area contributed by atoms with Crippen LogP contribution in [0.1, 0.15) is 23.1 Å². The summed E-state index contributed by atoms with van der Waals surface area (Å²) in [7, 11) is -3.27. The van der Waals surface area contributed by atoms with E-state index in [1.165, 1.54) is 24.3 Å². The highest BCUT2D eigenvalue weighted by Gasteiger charge is 2.30. The van der Waals surface area contributed by atoms with Crippen LogP contribution in [0.4, 0.5) is 13.2 Å². The third-order valence-corrected chi connectivity index (χ3v) is 5.18. The SMILES string of the molecule is CS(=O)(=O)c1ccc(C2=CCC=C2c2ccc(C(F)(F)F)cc2)cc1. The van der Waals surface area contributed by atoms with Crippen LogP contribution in [0.25, 0.3) is 11.1 Å². The molecule has 0 fully saturated rings. The van der Waals surface area contributed by atoms with Gasteiger partial charge in [-0.1, -0.05) is 36.4 Å². The van der Waals surface area contributed by atoms with E-state index < -0.39 is 21.6 Å². The predicted octanol–water partition coefficient (Wildman–Crippen LogP) is 4.98. The number of halogens is 3. The Morgan fingerprint density at radius 2 is 1.24 bits per heavy atom. The molecule has 6 heteroatoms. The molecule has 2 nitrogen and oxygen atoms in total. The average Bonchev–Trinajstić information content (AvgIpc) is 3.03. The van der Waals surface area contributed by atoms with Crippen LogP contribution in [0.15, 0.2) is 65.6 Å². The molecular weight excluding hydrogens is 349 g/mol. The zero-order valence-electron chi connectivity index (χ0n) is 13.3. The molecule has 0 radical (unpaired) electrons. The van der Waals surface area contributed by atoms with Crippen molar-refractivity contribution < 1.29 is 21.6 Å². The van der Waals surface area contributed by atoms with E-state index in [1.54, 1.807) is 12.1 Å². The van der Waals surface area contributed by atoms with Crippen LogP contribution >= 0.6 is 0 Å². The van der Waals surface area contributed by atoms with Crippen molar-refractivity contribution in [2.75, 3.05) is 6.26 Å². The first-order valence-electron chi connectivity index (χ1n) is 7.55. The molecule has 1 aliphatic carbocycles. The average molecular weight is 364 g/mol. The van der Waals surface area contributed by atoms with Crippen molar-refractivity contribution >= 4 is 21.0 Å². The van der Waals surface area contributed by atoms with Crippen LogP contribution in [-0.2, 0) is 16.0 Å². The maximum Gasteiger partial charge on any atom is 0.416 e. The topological polar surface area (TPSA) is 34.1 Å². The molecule has 2 aromatic rings. The lowest BCUT2D eigenvalue weighted by molar-refractivity contribution is -0.137. The largest absolute Gasteiger partial charge is 0.416 e. The Kier molecular flexibility index (Phi) is 4.33. The Morgan fingerprint density at radius 3 is 1.64 bits per heavy atom. The summed E-state index contributed by atoms with van der Waals surface area (Å²) >= 11 is 0. The number of alkyl halides is 3. The molecule has 25 heavy (non-hydrogen) atoms. The van der Waals surface area contributed by atoms with Gasteiger partial charge in [0, 0.05) is 6.26 Å². The van der Waals surface area contributed by atoms with E-state index in [-0.39, 0.29) is 4.90 Å². The predicted molar refractivity (Wildman–Crippen MR) is 91.6 cm³/mol. The van der Waals surface area contributed by atoms with Crippen molar-refractivity contribution in [2.45, 2.75) is 17.5 Å². The molecule has 0 atom stereocenters. The number of rotatable bonds is 3. The summed E-state index contributed by atoms with van der Waals surface area (Å²) in [5, 5.41) is 0. The van der Waals surface area contributed by atoms with Gasteiger partial charge in [-0.05, 0) is 53.0 Å². The van der Waals surface area contributed by atoms with E-state index in [0.717, 1.165) is 35.1 Å². The Bertz CT molecular complexity index is 949. The van der Waals surface area contributed by atoms with Crippen molar-refractivity contribution in [3.8, 4) is 0 Å². The van der Waals surface area contributed by atoms with Crippen LogP contribution in [-0.4, -0.2) is 14.7 Å². The van der Waals surface area contributed by atoms with Gasteiger partial charge < -0.3 is 0 Å². The van der Waals surface area contributed by atoms with Gasteiger partial charge in [0.1, 0.15) is 0 Å². The molecule has 0 saturated carbocycles. The first-order chi connectivity index (χ1) is 11.7. The molecule has 0 amide bonds. The Labute approximate surface area is 144 Å². The molecular formula is C19H15F3O2S. The lowest BCUT2D eigenvalue weighted by atomic mass is 9.94. The fraction of sp³-hybridized carbons (Fsp3) is 0.158. The van der Waals surface area contributed by atoms with Crippen LogP contribution in [0.2, 0.25) is 0 Å². The second-order valence-corrected chi connectivity index (χ2v) is 7.86. The van der Waals surface area contributed by atoms with Gasteiger partial charge in [0.2, 0.25) is 0 Å². The molecule has 0 N–H and O–H groups in total.